The summed E-state index contributed by atoms with van der Waals surface area (Å²) in [6.07, 6.45) is 0. The Balaban J connectivity index is 2.10. The summed E-state index contributed by atoms with van der Waals surface area (Å²) in [6, 6.07) is 8.45. The number of thiophene rings is 1. The molecule has 0 spiro atoms. The van der Waals surface area contributed by atoms with E-state index in [0.717, 1.165) is 12.2 Å². The van der Waals surface area contributed by atoms with Gasteiger partial charge in [0.25, 0.3) is 0 Å². The smallest absolute Gasteiger partial charge is 0.238 e. The minimum absolute atomic E-state index is 0.0479. The van der Waals surface area contributed by atoms with E-state index in [4.69, 9.17) is 0 Å². The Bertz CT molecular complexity index is 692. The first-order valence-electron chi connectivity index (χ1n) is 8.93. The number of hydrogen-bond donors (Lipinski definition) is 1. The fourth-order valence-corrected chi connectivity index (χ4v) is 3.97. The maximum atomic E-state index is 12.6. The third kappa shape index (κ3) is 5.16. The van der Waals surface area contributed by atoms with Gasteiger partial charge in [-0.1, -0.05) is 45.9 Å². The van der Waals surface area contributed by atoms with Gasteiger partial charge in [0.1, 0.15) is 0 Å². The summed E-state index contributed by atoms with van der Waals surface area (Å²) < 4.78 is 0. The lowest BCUT2D eigenvalue weighted by atomic mass is 9.92. The highest BCUT2D eigenvalue weighted by Gasteiger charge is 2.17. The van der Waals surface area contributed by atoms with Gasteiger partial charge in [-0.3, -0.25) is 9.69 Å². The molecule has 1 aromatic heterocycles. The molecule has 1 amide bonds. The number of benzene rings is 1. The van der Waals surface area contributed by atoms with Crippen molar-refractivity contribution in [1.82, 2.24) is 4.90 Å². The van der Waals surface area contributed by atoms with Crippen molar-refractivity contribution in [3.05, 3.63) is 51.2 Å². The van der Waals surface area contributed by atoms with Crippen molar-refractivity contribution < 1.29 is 4.79 Å². The van der Waals surface area contributed by atoms with Gasteiger partial charge in [0.15, 0.2) is 0 Å². The average Bonchev–Trinajstić information content (AvgIpc) is 2.91. The molecule has 0 unspecified atom stereocenters. The number of carbonyl (C=O) groups is 1. The Morgan fingerprint density at radius 1 is 1.12 bits per heavy atom. The van der Waals surface area contributed by atoms with E-state index in [0.29, 0.717) is 18.4 Å². The SMILES string of the molecule is Cc1ccsc1CN(C)CC(=O)Nc1c(C(C)C)cccc1C(C)C. The zero-order chi connectivity index (χ0) is 18.6. The summed E-state index contributed by atoms with van der Waals surface area (Å²) >= 11 is 1.75. The predicted molar refractivity (Wildman–Crippen MR) is 109 cm³/mol. The first-order chi connectivity index (χ1) is 11.8. The normalized spacial score (nSPS) is 11.6. The lowest BCUT2D eigenvalue weighted by Crippen LogP contribution is -2.30. The standard InChI is InChI=1S/C21H30N2OS/c1-14(2)17-8-7-9-18(15(3)4)21(17)22-20(24)13-23(6)12-19-16(5)10-11-25-19/h7-11,14-15H,12-13H2,1-6H3,(H,22,24). The summed E-state index contributed by atoms with van der Waals surface area (Å²) in [5.41, 5.74) is 4.70. The van der Waals surface area contributed by atoms with Crippen LogP contribution in [0.4, 0.5) is 5.69 Å². The maximum Gasteiger partial charge on any atom is 0.238 e. The average molecular weight is 359 g/mol. The number of carbonyl (C=O) groups excluding carboxylic acids is 1. The largest absolute Gasteiger partial charge is 0.324 e. The van der Waals surface area contributed by atoms with E-state index in [2.05, 4.69) is 74.5 Å². The molecule has 25 heavy (non-hydrogen) atoms. The van der Waals surface area contributed by atoms with Crippen molar-refractivity contribution in [2.75, 3.05) is 18.9 Å². The van der Waals surface area contributed by atoms with Crippen molar-refractivity contribution in [2.45, 2.75) is 53.0 Å². The highest BCUT2D eigenvalue weighted by molar-refractivity contribution is 7.10. The quantitative estimate of drug-likeness (QED) is 0.721. The first kappa shape index (κ1) is 19.7. The van der Waals surface area contributed by atoms with Gasteiger partial charge in [-0.25, -0.2) is 0 Å². The predicted octanol–water partition coefficient (Wildman–Crippen LogP) is 5.37. The summed E-state index contributed by atoms with van der Waals surface area (Å²) in [6.45, 7) is 12.0. The van der Waals surface area contributed by atoms with Crippen LogP contribution in [0.2, 0.25) is 0 Å². The van der Waals surface area contributed by atoms with Crippen molar-refractivity contribution >= 4 is 22.9 Å². The Labute approximate surface area is 156 Å². The lowest BCUT2D eigenvalue weighted by Gasteiger charge is -2.22. The van der Waals surface area contributed by atoms with Crippen molar-refractivity contribution in [1.29, 1.82) is 0 Å². The van der Waals surface area contributed by atoms with Crippen LogP contribution in [0.15, 0.2) is 29.6 Å². The molecule has 0 bridgehead atoms. The third-order valence-electron chi connectivity index (χ3n) is 4.43. The minimum atomic E-state index is 0.0479. The van der Waals surface area contributed by atoms with Crippen LogP contribution in [0.5, 0.6) is 0 Å². The van der Waals surface area contributed by atoms with Gasteiger partial charge in [-0.15, -0.1) is 11.3 Å². The molecule has 2 aromatic rings. The molecule has 1 heterocycles. The van der Waals surface area contributed by atoms with E-state index in [-0.39, 0.29) is 5.91 Å². The summed E-state index contributed by atoms with van der Waals surface area (Å²) in [7, 11) is 2.00. The summed E-state index contributed by atoms with van der Waals surface area (Å²) in [4.78, 5) is 16.0. The molecule has 2 rings (SSSR count). The number of nitrogens with one attached hydrogen (secondary N) is 1. The topological polar surface area (TPSA) is 32.3 Å². The van der Waals surface area contributed by atoms with Gasteiger partial charge in [0, 0.05) is 17.1 Å². The number of rotatable bonds is 7. The van der Waals surface area contributed by atoms with Gasteiger partial charge in [-0.05, 0) is 53.9 Å². The number of hydrogen-bond acceptors (Lipinski definition) is 3. The van der Waals surface area contributed by atoms with Crippen LogP contribution >= 0.6 is 11.3 Å². The summed E-state index contributed by atoms with van der Waals surface area (Å²) in [5, 5.41) is 5.29. The molecule has 4 heteroatoms. The van der Waals surface area contributed by atoms with Crippen molar-refractivity contribution in [3.63, 3.8) is 0 Å². The molecule has 136 valence electrons. The Kier molecular flexibility index (Phi) is 6.79. The van der Waals surface area contributed by atoms with Gasteiger partial charge in [0.2, 0.25) is 5.91 Å². The first-order valence-corrected chi connectivity index (χ1v) is 9.81. The molecule has 0 aliphatic heterocycles. The van der Waals surface area contributed by atoms with Gasteiger partial charge in [0.05, 0.1) is 6.54 Å². The highest BCUT2D eigenvalue weighted by Crippen LogP contribution is 2.32. The Morgan fingerprint density at radius 2 is 1.72 bits per heavy atom. The highest BCUT2D eigenvalue weighted by atomic mass is 32.1. The van der Waals surface area contributed by atoms with Crippen molar-refractivity contribution in [2.24, 2.45) is 0 Å². The minimum Gasteiger partial charge on any atom is -0.324 e. The van der Waals surface area contributed by atoms with E-state index < -0.39 is 0 Å². The molecular weight excluding hydrogens is 328 g/mol. The molecule has 0 aliphatic rings. The van der Waals surface area contributed by atoms with Crippen LogP contribution in [0, 0.1) is 6.92 Å². The van der Waals surface area contributed by atoms with E-state index in [1.165, 1.54) is 21.6 Å². The second kappa shape index (κ2) is 8.63. The number of likely N-dealkylation sites (N-methyl/N-ethyl adjacent to an activating group) is 1. The van der Waals surface area contributed by atoms with Gasteiger partial charge >= 0.3 is 0 Å². The zero-order valence-electron chi connectivity index (χ0n) is 16.2. The zero-order valence-corrected chi connectivity index (χ0v) is 17.0. The molecule has 3 nitrogen and oxygen atoms in total. The van der Waals surface area contributed by atoms with Crippen LogP contribution in [0.1, 0.15) is 61.1 Å². The number of para-hydroxylation sites is 1. The molecule has 0 atom stereocenters. The number of nitrogens with zero attached hydrogens (tertiary/aromatic N) is 1. The van der Waals surface area contributed by atoms with Crippen LogP contribution < -0.4 is 5.32 Å². The Morgan fingerprint density at radius 3 is 2.20 bits per heavy atom. The van der Waals surface area contributed by atoms with E-state index >= 15 is 0 Å². The second-order valence-electron chi connectivity index (χ2n) is 7.37. The van der Waals surface area contributed by atoms with Crippen LogP contribution in [0.3, 0.4) is 0 Å². The fraction of sp³-hybridized carbons (Fsp3) is 0.476. The lowest BCUT2D eigenvalue weighted by molar-refractivity contribution is -0.117. The molecule has 0 saturated carbocycles. The van der Waals surface area contributed by atoms with E-state index in [1.54, 1.807) is 11.3 Å². The monoisotopic (exact) mass is 358 g/mol. The number of anilines is 1. The van der Waals surface area contributed by atoms with Crippen LogP contribution in [0.25, 0.3) is 0 Å². The molecule has 1 N–H and O–H groups in total. The number of amides is 1. The molecule has 1 aromatic carbocycles. The van der Waals surface area contributed by atoms with Gasteiger partial charge < -0.3 is 5.32 Å². The second-order valence-corrected chi connectivity index (χ2v) is 8.37. The maximum absolute atomic E-state index is 12.6. The summed E-state index contributed by atoms with van der Waals surface area (Å²) in [5.74, 6) is 0.799. The molecular formula is C21H30N2OS. The number of aryl methyl sites for hydroxylation is 1. The van der Waals surface area contributed by atoms with Crippen LogP contribution in [-0.4, -0.2) is 24.4 Å². The van der Waals surface area contributed by atoms with Crippen LogP contribution in [-0.2, 0) is 11.3 Å². The van der Waals surface area contributed by atoms with Crippen molar-refractivity contribution in [3.8, 4) is 0 Å². The molecule has 0 aliphatic carbocycles. The van der Waals surface area contributed by atoms with E-state index in [9.17, 15) is 4.79 Å². The van der Waals surface area contributed by atoms with E-state index in [1.807, 2.05) is 7.05 Å². The molecule has 0 radical (unpaired) electrons. The third-order valence-corrected chi connectivity index (χ3v) is 5.44. The molecule has 0 saturated heterocycles. The fourth-order valence-electron chi connectivity index (χ4n) is 2.99. The molecule has 0 fully saturated rings. The van der Waals surface area contributed by atoms with Gasteiger partial charge in [-0.2, -0.15) is 0 Å². The Hall–Kier alpha value is -1.65.